The van der Waals surface area contributed by atoms with Crippen molar-refractivity contribution < 1.29 is 18.1 Å². The Hall–Kier alpha value is -1.75. The topological polar surface area (TPSA) is 128 Å². The van der Waals surface area contributed by atoms with Crippen LogP contribution in [0.15, 0.2) is 23.1 Å². The number of primary sulfonamides is 1. The van der Waals surface area contributed by atoms with Crippen LogP contribution in [0.3, 0.4) is 0 Å². The molecule has 0 spiro atoms. The van der Waals surface area contributed by atoms with Crippen LogP contribution in [0.25, 0.3) is 0 Å². The second kappa shape index (κ2) is 6.04. The van der Waals surface area contributed by atoms with Gasteiger partial charge in [-0.15, -0.1) is 0 Å². The summed E-state index contributed by atoms with van der Waals surface area (Å²) in [5, 5.41) is 19.8. The number of nitro benzene ring substituents is 1. The van der Waals surface area contributed by atoms with Gasteiger partial charge in [-0.3, -0.25) is 10.1 Å². The molecule has 3 rings (SSSR count). The molecule has 0 saturated carbocycles. The van der Waals surface area contributed by atoms with Gasteiger partial charge in [-0.2, -0.15) is 0 Å². The Morgan fingerprint density at radius 2 is 2.09 bits per heavy atom. The molecule has 23 heavy (non-hydrogen) atoms. The van der Waals surface area contributed by atoms with Gasteiger partial charge in [0.15, 0.2) is 0 Å². The second-order valence-electron chi connectivity index (χ2n) is 5.70. The molecule has 10 heteroatoms. The van der Waals surface area contributed by atoms with Crippen LogP contribution in [0.1, 0.15) is 6.42 Å². The first-order valence-electron chi connectivity index (χ1n) is 7.26. The zero-order chi connectivity index (χ0) is 16.6. The van der Waals surface area contributed by atoms with Crippen molar-refractivity contribution >= 4 is 21.4 Å². The minimum atomic E-state index is -3.99. The summed E-state index contributed by atoms with van der Waals surface area (Å²) in [5.74, 6) is 0. The highest BCUT2D eigenvalue weighted by Crippen LogP contribution is 2.35. The summed E-state index contributed by atoms with van der Waals surface area (Å²) in [6.07, 6.45) is 0.866. The van der Waals surface area contributed by atoms with E-state index in [1.165, 1.54) is 12.1 Å². The van der Waals surface area contributed by atoms with Gasteiger partial charge in [0.05, 0.1) is 29.1 Å². The SMILES string of the molecule is NS(=O)(=O)c1ccc(N(C2CCNC2)C2COC2)c([N+](=O)[O-])c1. The molecule has 2 saturated heterocycles. The van der Waals surface area contributed by atoms with Gasteiger partial charge in [-0.05, 0) is 25.1 Å². The van der Waals surface area contributed by atoms with Crippen molar-refractivity contribution in [3.8, 4) is 0 Å². The maximum absolute atomic E-state index is 11.5. The summed E-state index contributed by atoms with van der Waals surface area (Å²) in [4.78, 5) is 12.6. The number of benzene rings is 1. The van der Waals surface area contributed by atoms with E-state index in [0.717, 1.165) is 25.6 Å². The molecule has 0 aliphatic carbocycles. The number of nitrogens with two attached hydrogens (primary N) is 1. The molecule has 0 radical (unpaired) electrons. The molecular formula is C13H18N4O5S. The van der Waals surface area contributed by atoms with Gasteiger partial charge in [0.25, 0.3) is 5.69 Å². The third-order valence-electron chi connectivity index (χ3n) is 4.19. The number of nitro groups is 1. The van der Waals surface area contributed by atoms with Gasteiger partial charge in [0.2, 0.25) is 10.0 Å². The number of hydrogen-bond acceptors (Lipinski definition) is 7. The van der Waals surface area contributed by atoms with E-state index in [1.807, 2.05) is 4.90 Å². The molecule has 1 aromatic rings. The Labute approximate surface area is 133 Å². The van der Waals surface area contributed by atoms with Crippen LogP contribution < -0.4 is 15.4 Å². The van der Waals surface area contributed by atoms with Gasteiger partial charge in [0, 0.05) is 18.7 Å². The molecule has 0 aromatic heterocycles. The van der Waals surface area contributed by atoms with E-state index in [1.54, 1.807) is 0 Å². The first-order valence-corrected chi connectivity index (χ1v) is 8.80. The largest absolute Gasteiger partial charge is 0.377 e. The smallest absolute Gasteiger partial charge is 0.293 e. The number of rotatable bonds is 5. The monoisotopic (exact) mass is 342 g/mol. The Balaban J connectivity index is 2.06. The van der Waals surface area contributed by atoms with E-state index in [-0.39, 0.29) is 22.7 Å². The molecule has 2 aliphatic heterocycles. The highest BCUT2D eigenvalue weighted by atomic mass is 32.2. The number of hydrogen-bond donors (Lipinski definition) is 2. The van der Waals surface area contributed by atoms with Gasteiger partial charge >= 0.3 is 0 Å². The average molecular weight is 342 g/mol. The first-order chi connectivity index (χ1) is 10.9. The lowest BCUT2D eigenvalue weighted by Gasteiger charge is -2.42. The molecule has 0 amide bonds. The number of anilines is 1. The van der Waals surface area contributed by atoms with E-state index >= 15 is 0 Å². The van der Waals surface area contributed by atoms with Crippen molar-refractivity contribution in [2.24, 2.45) is 5.14 Å². The maximum atomic E-state index is 11.5. The van der Waals surface area contributed by atoms with E-state index in [0.29, 0.717) is 18.9 Å². The van der Waals surface area contributed by atoms with E-state index in [4.69, 9.17) is 9.88 Å². The van der Waals surface area contributed by atoms with Crippen molar-refractivity contribution in [3.05, 3.63) is 28.3 Å². The number of nitrogens with one attached hydrogen (secondary N) is 1. The minimum Gasteiger partial charge on any atom is -0.377 e. The zero-order valence-electron chi connectivity index (χ0n) is 12.3. The Kier molecular flexibility index (Phi) is 4.23. The van der Waals surface area contributed by atoms with Crippen LogP contribution in [0.5, 0.6) is 0 Å². The Morgan fingerprint density at radius 3 is 2.57 bits per heavy atom. The van der Waals surface area contributed by atoms with Crippen LogP contribution >= 0.6 is 0 Å². The van der Waals surface area contributed by atoms with E-state index < -0.39 is 14.9 Å². The number of sulfonamides is 1. The molecule has 126 valence electrons. The summed E-state index contributed by atoms with van der Waals surface area (Å²) < 4.78 is 28.1. The molecular weight excluding hydrogens is 324 g/mol. The molecule has 1 atom stereocenters. The first kappa shape index (κ1) is 16.1. The molecule has 3 N–H and O–H groups in total. The summed E-state index contributed by atoms with van der Waals surface area (Å²) >= 11 is 0. The highest BCUT2D eigenvalue weighted by molar-refractivity contribution is 7.89. The number of nitrogens with zero attached hydrogens (tertiary/aromatic N) is 2. The van der Waals surface area contributed by atoms with Crippen molar-refractivity contribution in [3.63, 3.8) is 0 Å². The summed E-state index contributed by atoms with van der Waals surface area (Å²) in [7, 11) is -3.99. The van der Waals surface area contributed by atoms with E-state index in [2.05, 4.69) is 5.32 Å². The van der Waals surface area contributed by atoms with Crippen molar-refractivity contribution in [2.45, 2.75) is 23.4 Å². The van der Waals surface area contributed by atoms with Gasteiger partial charge < -0.3 is 15.0 Å². The third-order valence-corrected chi connectivity index (χ3v) is 5.10. The van der Waals surface area contributed by atoms with Crippen LogP contribution in [0.4, 0.5) is 11.4 Å². The van der Waals surface area contributed by atoms with Crippen LogP contribution in [0.2, 0.25) is 0 Å². The minimum absolute atomic E-state index is 0.0546. The zero-order valence-corrected chi connectivity index (χ0v) is 13.2. The van der Waals surface area contributed by atoms with Gasteiger partial charge in [-0.1, -0.05) is 0 Å². The predicted molar refractivity (Wildman–Crippen MR) is 82.8 cm³/mol. The summed E-state index contributed by atoms with van der Waals surface area (Å²) in [6.45, 7) is 2.58. The van der Waals surface area contributed by atoms with Crippen molar-refractivity contribution in [1.29, 1.82) is 0 Å². The summed E-state index contributed by atoms with van der Waals surface area (Å²) in [6, 6.07) is 3.97. The lowest BCUT2D eigenvalue weighted by Crippen LogP contribution is -2.54. The normalized spacial score (nSPS) is 21.9. The van der Waals surface area contributed by atoms with E-state index in [9.17, 15) is 18.5 Å². The lowest BCUT2D eigenvalue weighted by molar-refractivity contribution is -0.384. The molecule has 1 unspecified atom stereocenters. The van der Waals surface area contributed by atoms with Gasteiger partial charge in [-0.25, -0.2) is 13.6 Å². The molecule has 0 bridgehead atoms. The predicted octanol–water partition coefficient (Wildman–Crippen LogP) is -0.191. The van der Waals surface area contributed by atoms with Crippen molar-refractivity contribution in [2.75, 3.05) is 31.2 Å². The lowest BCUT2D eigenvalue weighted by atomic mass is 10.1. The fraction of sp³-hybridized carbons (Fsp3) is 0.538. The van der Waals surface area contributed by atoms with Crippen molar-refractivity contribution in [1.82, 2.24) is 5.32 Å². The molecule has 2 heterocycles. The summed E-state index contributed by atoms with van der Waals surface area (Å²) in [5.41, 5.74) is 0.153. The molecule has 1 aromatic carbocycles. The average Bonchev–Trinajstić information content (AvgIpc) is 2.94. The number of ether oxygens (including phenoxy) is 1. The fourth-order valence-corrected chi connectivity index (χ4v) is 3.53. The highest BCUT2D eigenvalue weighted by Gasteiger charge is 2.37. The molecule has 9 nitrogen and oxygen atoms in total. The quantitative estimate of drug-likeness (QED) is 0.560. The van der Waals surface area contributed by atoms with Gasteiger partial charge in [0.1, 0.15) is 5.69 Å². The fourth-order valence-electron chi connectivity index (χ4n) is 3.00. The van der Waals surface area contributed by atoms with Crippen LogP contribution in [-0.4, -0.2) is 51.7 Å². The third kappa shape index (κ3) is 3.15. The van der Waals surface area contributed by atoms with Crippen LogP contribution in [0, 0.1) is 10.1 Å². The maximum Gasteiger partial charge on any atom is 0.293 e. The Morgan fingerprint density at radius 1 is 1.35 bits per heavy atom. The molecule has 2 fully saturated rings. The molecule has 2 aliphatic rings. The standard InChI is InChI=1S/C13H18N4O5S/c14-23(20,21)11-1-2-12(13(5-11)17(18)19)16(10-7-22-8-10)9-3-4-15-6-9/h1-2,5,9-10,15H,3-4,6-8H2,(H2,14,20,21). The second-order valence-corrected chi connectivity index (χ2v) is 7.26. The Bertz CT molecular complexity index is 713. The van der Waals surface area contributed by atoms with Crippen LogP contribution in [-0.2, 0) is 14.8 Å².